The molecule has 0 radical (unpaired) electrons. The predicted octanol–water partition coefficient (Wildman–Crippen LogP) is 12.7. The van der Waals surface area contributed by atoms with Crippen LogP contribution in [-0.4, -0.2) is 16.2 Å². The number of nitrogens with zero attached hydrogens (tertiary/aromatic N) is 3. The van der Waals surface area contributed by atoms with Crippen molar-refractivity contribution in [2.45, 2.75) is 6.17 Å². The van der Waals surface area contributed by atoms with Crippen LogP contribution in [0.3, 0.4) is 0 Å². The maximum atomic E-state index is 6.76. The quantitative estimate of drug-likeness (QED) is 0.192. The fourth-order valence-electron chi connectivity index (χ4n) is 8.67. The molecule has 11 aromatic rings. The number of benzene rings is 8. The van der Waals surface area contributed by atoms with Gasteiger partial charge < -0.3 is 18.7 Å². The summed E-state index contributed by atoms with van der Waals surface area (Å²) in [6.45, 7) is 0. The first-order valence-corrected chi connectivity index (χ1v) is 19.2. The zero-order chi connectivity index (χ0) is 37.5. The largest absolute Gasteiger partial charge is 0.456 e. The van der Waals surface area contributed by atoms with Crippen LogP contribution in [-0.2, 0) is 0 Å². The average molecular weight is 733 g/mol. The maximum Gasteiger partial charge on any atom is 0.159 e. The predicted molar refractivity (Wildman–Crippen MR) is 233 cm³/mol. The minimum absolute atomic E-state index is 0.415. The van der Waals surface area contributed by atoms with Crippen molar-refractivity contribution in [3.8, 4) is 16.8 Å². The molecule has 0 bridgehead atoms. The molecule has 3 aromatic heterocycles. The minimum atomic E-state index is -0.415. The number of aromatic nitrogens is 1. The monoisotopic (exact) mass is 732 g/mol. The minimum Gasteiger partial charge on any atom is -0.456 e. The normalized spacial score (nSPS) is 14.5. The Kier molecular flexibility index (Phi) is 6.89. The number of hydrogen-bond donors (Lipinski definition) is 1. The Labute approximate surface area is 326 Å². The third kappa shape index (κ3) is 4.97. The highest BCUT2D eigenvalue weighted by molar-refractivity contribution is 6.16. The zero-order valence-electron chi connectivity index (χ0n) is 30.6. The number of furan rings is 2. The van der Waals surface area contributed by atoms with Crippen LogP contribution in [0.4, 0.5) is 0 Å². The second kappa shape index (κ2) is 12.4. The van der Waals surface area contributed by atoms with E-state index in [1.54, 1.807) is 0 Å². The van der Waals surface area contributed by atoms with Gasteiger partial charge in [-0.15, -0.1) is 0 Å². The fraction of sp³-hybridized carbons (Fsp3) is 0.0196. The molecule has 0 aliphatic carbocycles. The van der Waals surface area contributed by atoms with Crippen molar-refractivity contribution < 1.29 is 8.83 Å². The van der Waals surface area contributed by atoms with Gasteiger partial charge in [-0.25, -0.2) is 9.98 Å². The van der Waals surface area contributed by atoms with Crippen LogP contribution in [0.1, 0.15) is 22.9 Å². The van der Waals surface area contributed by atoms with E-state index in [-0.39, 0.29) is 0 Å². The van der Waals surface area contributed by atoms with Crippen molar-refractivity contribution in [1.82, 2.24) is 9.88 Å². The van der Waals surface area contributed by atoms with E-state index in [0.29, 0.717) is 5.84 Å². The van der Waals surface area contributed by atoms with E-state index in [1.807, 2.05) is 54.6 Å². The lowest BCUT2D eigenvalue weighted by molar-refractivity contribution is 0.628. The summed E-state index contributed by atoms with van der Waals surface area (Å²) in [4.78, 5) is 10.1. The Bertz CT molecular complexity index is 3390. The summed E-state index contributed by atoms with van der Waals surface area (Å²) in [5, 5.41) is 10.3. The maximum absolute atomic E-state index is 6.76. The summed E-state index contributed by atoms with van der Waals surface area (Å²) >= 11 is 0. The lowest BCUT2D eigenvalue weighted by Crippen LogP contribution is -2.33. The number of hydrogen-bond acceptors (Lipinski definition) is 5. The number of aliphatic imine (C=N–C) groups is 2. The van der Waals surface area contributed by atoms with Gasteiger partial charge in [-0.1, -0.05) is 133 Å². The van der Waals surface area contributed by atoms with Gasteiger partial charge >= 0.3 is 0 Å². The first-order chi connectivity index (χ1) is 28.2. The topological polar surface area (TPSA) is 68.0 Å². The molecule has 6 nitrogen and oxygen atoms in total. The van der Waals surface area contributed by atoms with Crippen LogP contribution in [0.25, 0.3) is 82.5 Å². The van der Waals surface area contributed by atoms with Crippen LogP contribution in [0.15, 0.2) is 201 Å². The highest BCUT2D eigenvalue weighted by atomic mass is 16.3. The molecular weight excluding hydrogens is 701 g/mol. The molecule has 0 spiro atoms. The van der Waals surface area contributed by atoms with Crippen molar-refractivity contribution in [3.63, 3.8) is 0 Å². The molecule has 1 atom stereocenters. The Balaban J connectivity index is 0.974. The molecule has 0 amide bonds. The number of amidine groups is 2. The van der Waals surface area contributed by atoms with Crippen molar-refractivity contribution in [3.05, 3.63) is 199 Å². The van der Waals surface area contributed by atoms with Gasteiger partial charge in [0.1, 0.15) is 28.2 Å². The lowest BCUT2D eigenvalue weighted by atomic mass is 9.97. The summed E-state index contributed by atoms with van der Waals surface area (Å²) in [6, 6.07) is 63.2. The molecule has 0 saturated carbocycles. The third-order valence-electron chi connectivity index (χ3n) is 11.3. The van der Waals surface area contributed by atoms with Crippen LogP contribution in [0, 0.1) is 0 Å². The highest BCUT2D eigenvalue weighted by Gasteiger charge is 2.25. The van der Waals surface area contributed by atoms with E-state index in [9.17, 15) is 0 Å². The van der Waals surface area contributed by atoms with Gasteiger partial charge in [-0.05, 0) is 53.6 Å². The smallest absolute Gasteiger partial charge is 0.159 e. The highest BCUT2D eigenvalue weighted by Crippen LogP contribution is 2.42. The zero-order valence-corrected chi connectivity index (χ0v) is 30.6. The summed E-state index contributed by atoms with van der Waals surface area (Å²) in [7, 11) is 0. The molecule has 57 heavy (non-hydrogen) atoms. The van der Waals surface area contributed by atoms with Gasteiger partial charge in [-0.3, -0.25) is 0 Å². The van der Waals surface area contributed by atoms with E-state index in [2.05, 4.69) is 137 Å². The molecule has 1 aliphatic rings. The molecular formula is C51H32N4O2. The number of nitrogens with one attached hydrogen (secondary N) is 1. The fourth-order valence-corrected chi connectivity index (χ4v) is 8.67. The summed E-state index contributed by atoms with van der Waals surface area (Å²) in [5.74, 6) is 1.45. The molecule has 8 aromatic carbocycles. The Morgan fingerprint density at radius 1 is 0.474 bits per heavy atom. The second-order valence-electron chi connectivity index (χ2n) is 14.6. The first kappa shape index (κ1) is 31.6. The number of rotatable bonds is 5. The van der Waals surface area contributed by atoms with Crippen molar-refractivity contribution in [1.29, 1.82) is 0 Å². The van der Waals surface area contributed by atoms with Crippen LogP contribution >= 0.6 is 0 Å². The summed E-state index contributed by atoms with van der Waals surface area (Å²) < 4.78 is 15.6. The Morgan fingerprint density at radius 3 is 1.96 bits per heavy atom. The van der Waals surface area contributed by atoms with Gasteiger partial charge in [0, 0.05) is 60.8 Å². The summed E-state index contributed by atoms with van der Waals surface area (Å²) in [6.07, 6.45) is -0.415. The third-order valence-corrected chi connectivity index (χ3v) is 11.3. The van der Waals surface area contributed by atoms with Crippen LogP contribution < -0.4 is 5.32 Å². The van der Waals surface area contributed by atoms with E-state index in [0.717, 1.165) is 83.2 Å². The van der Waals surface area contributed by atoms with Crippen molar-refractivity contribution >= 4 is 77.4 Å². The first-order valence-electron chi connectivity index (χ1n) is 19.2. The molecule has 12 rings (SSSR count). The molecule has 1 aliphatic heterocycles. The molecule has 0 saturated heterocycles. The molecule has 4 heterocycles. The molecule has 0 fully saturated rings. The van der Waals surface area contributed by atoms with Crippen molar-refractivity contribution in [2.24, 2.45) is 9.98 Å². The van der Waals surface area contributed by atoms with E-state index < -0.39 is 6.17 Å². The van der Waals surface area contributed by atoms with Crippen LogP contribution in [0.2, 0.25) is 0 Å². The SMILES string of the molecule is c1ccc(C2=NC(c3cccc4c3oc3cccc(-c5ccc6oc7cc(-n8c9ccccc9c9ccccc98)ccc7c6c5)c34)NC(c3ccccc3)=N2)cc1. The number of para-hydroxylation sites is 3. The van der Waals surface area contributed by atoms with Gasteiger partial charge in [0.15, 0.2) is 12.0 Å². The lowest BCUT2D eigenvalue weighted by Gasteiger charge is -2.23. The van der Waals surface area contributed by atoms with Gasteiger partial charge in [0.2, 0.25) is 0 Å². The van der Waals surface area contributed by atoms with Gasteiger partial charge in [0.05, 0.1) is 11.0 Å². The van der Waals surface area contributed by atoms with E-state index in [4.69, 9.17) is 18.8 Å². The molecule has 1 N–H and O–H groups in total. The van der Waals surface area contributed by atoms with Crippen LogP contribution in [0.5, 0.6) is 0 Å². The number of fused-ring (bicyclic) bond motifs is 9. The average Bonchev–Trinajstić information content (AvgIpc) is 3.96. The molecule has 268 valence electrons. The van der Waals surface area contributed by atoms with E-state index in [1.165, 1.54) is 21.8 Å². The van der Waals surface area contributed by atoms with Crippen molar-refractivity contribution in [2.75, 3.05) is 0 Å². The Hall–Kier alpha value is -7.70. The van der Waals surface area contributed by atoms with Gasteiger partial charge in [0.25, 0.3) is 0 Å². The molecule has 1 unspecified atom stereocenters. The standard InChI is InChI=1S/C51H32N4O2/c1-3-13-31(14-4-1)49-52-50(32-15-5-2-6-16-32)54-51(53-49)40-21-11-20-39-47-35(19-12-24-45(47)57-48(39)40)33-25-28-44-41(29-33)38-27-26-34(30-46(38)56-44)55-42-22-9-7-17-36(42)37-18-8-10-23-43(37)55/h1-30,51H,(H,52,53,54). The van der Waals surface area contributed by atoms with Gasteiger partial charge in [-0.2, -0.15) is 0 Å². The molecule has 6 heteroatoms. The summed E-state index contributed by atoms with van der Waals surface area (Å²) in [5.41, 5.74) is 11.8. The second-order valence-corrected chi connectivity index (χ2v) is 14.6. The Morgan fingerprint density at radius 2 is 1.18 bits per heavy atom. The van der Waals surface area contributed by atoms with E-state index >= 15 is 0 Å².